The predicted molar refractivity (Wildman–Crippen MR) is 117 cm³/mol. The summed E-state index contributed by atoms with van der Waals surface area (Å²) >= 11 is 0. The van der Waals surface area contributed by atoms with Crippen molar-refractivity contribution in [2.45, 2.75) is 18.4 Å². The zero-order valence-electron chi connectivity index (χ0n) is 16.9. The molecule has 0 bridgehead atoms. The van der Waals surface area contributed by atoms with Gasteiger partial charge in [-0.15, -0.1) is 0 Å². The minimum Gasteiger partial charge on any atom is -0.457 e. The number of carbonyl (C=O) groups is 1. The van der Waals surface area contributed by atoms with Gasteiger partial charge in [-0.05, 0) is 42.8 Å². The molecule has 5 nitrogen and oxygen atoms in total. The topological polar surface area (TPSA) is 50.8 Å². The molecule has 152 valence electrons. The lowest BCUT2D eigenvalue weighted by Crippen LogP contribution is -2.25. The van der Waals surface area contributed by atoms with Crippen LogP contribution in [0.5, 0.6) is 11.5 Å². The van der Waals surface area contributed by atoms with Crippen LogP contribution in [0, 0.1) is 0 Å². The summed E-state index contributed by atoms with van der Waals surface area (Å²) in [6, 6.07) is 23.5. The van der Waals surface area contributed by atoms with Gasteiger partial charge in [0.1, 0.15) is 11.5 Å². The van der Waals surface area contributed by atoms with E-state index in [2.05, 4.69) is 22.3 Å². The Balaban J connectivity index is 1.37. The molecule has 0 radical (unpaired) electrons. The number of methoxy groups -OCH3 is 1. The largest absolute Gasteiger partial charge is 0.457 e. The van der Waals surface area contributed by atoms with Gasteiger partial charge in [0.05, 0.1) is 12.0 Å². The van der Waals surface area contributed by atoms with Crippen molar-refractivity contribution >= 4 is 17.3 Å². The highest BCUT2D eigenvalue weighted by Gasteiger charge is 2.32. The fraction of sp³-hybridized carbons (Fsp3) is 0.240. The summed E-state index contributed by atoms with van der Waals surface area (Å²) in [5.74, 6) is 0.986. The summed E-state index contributed by atoms with van der Waals surface area (Å²) in [6.07, 6.45) is 1.33. The second-order valence-electron chi connectivity index (χ2n) is 7.74. The van der Waals surface area contributed by atoms with Crippen molar-refractivity contribution in [1.82, 2.24) is 0 Å². The number of amides is 1. The SMILES string of the molecule is COC1CCN(c2ccc(NC(=O)C3c4ccccc4Oc4ccccc43)cc2)C1. The van der Waals surface area contributed by atoms with E-state index in [0.717, 1.165) is 53.5 Å². The number of nitrogens with one attached hydrogen (secondary N) is 1. The Labute approximate surface area is 176 Å². The highest BCUT2D eigenvalue weighted by atomic mass is 16.5. The molecule has 0 aliphatic carbocycles. The van der Waals surface area contributed by atoms with Gasteiger partial charge in [0.2, 0.25) is 5.91 Å². The fourth-order valence-corrected chi connectivity index (χ4v) is 4.32. The van der Waals surface area contributed by atoms with Crippen LogP contribution in [-0.4, -0.2) is 32.2 Å². The standard InChI is InChI=1S/C25H24N2O3/c1-29-19-14-15-27(16-19)18-12-10-17(11-13-18)26-25(28)24-20-6-2-4-8-22(20)30-23-9-5-3-7-21(23)24/h2-13,19,24H,14-16H2,1H3,(H,26,28). The predicted octanol–water partition coefficient (Wildman–Crippen LogP) is 4.79. The van der Waals surface area contributed by atoms with Crippen LogP contribution in [0.15, 0.2) is 72.8 Å². The Morgan fingerprint density at radius 3 is 2.20 bits per heavy atom. The smallest absolute Gasteiger partial charge is 0.236 e. The van der Waals surface area contributed by atoms with Crippen molar-refractivity contribution in [2.75, 3.05) is 30.4 Å². The van der Waals surface area contributed by atoms with Gasteiger partial charge in [0.25, 0.3) is 0 Å². The molecule has 0 saturated carbocycles. The summed E-state index contributed by atoms with van der Waals surface area (Å²) in [7, 11) is 1.76. The highest BCUT2D eigenvalue weighted by Crippen LogP contribution is 2.44. The molecule has 3 aromatic rings. The number of ether oxygens (including phenoxy) is 2. The molecule has 30 heavy (non-hydrogen) atoms. The third kappa shape index (κ3) is 3.42. The van der Waals surface area contributed by atoms with E-state index in [1.54, 1.807) is 7.11 Å². The van der Waals surface area contributed by atoms with Crippen molar-refractivity contribution in [3.8, 4) is 11.5 Å². The van der Waals surface area contributed by atoms with Crippen molar-refractivity contribution in [3.05, 3.63) is 83.9 Å². The number of benzene rings is 3. The molecular formula is C25H24N2O3. The quantitative estimate of drug-likeness (QED) is 0.684. The Kier molecular flexibility index (Phi) is 4.89. The maximum absolute atomic E-state index is 13.3. The highest BCUT2D eigenvalue weighted by molar-refractivity contribution is 5.99. The first-order valence-corrected chi connectivity index (χ1v) is 10.3. The fourth-order valence-electron chi connectivity index (χ4n) is 4.32. The van der Waals surface area contributed by atoms with E-state index < -0.39 is 5.92 Å². The lowest BCUT2D eigenvalue weighted by molar-refractivity contribution is -0.116. The lowest BCUT2D eigenvalue weighted by atomic mass is 9.87. The van der Waals surface area contributed by atoms with Gasteiger partial charge in [0.15, 0.2) is 0 Å². The summed E-state index contributed by atoms with van der Waals surface area (Å²) in [5, 5.41) is 3.09. The van der Waals surface area contributed by atoms with E-state index in [9.17, 15) is 4.79 Å². The first-order valence-electron chi connectivity index (χ1n) is 10.3. The number of para-hydroxylation sites is 2. The first kappa shape index (κ1) is 18.7. The normalized spacial score (nSPS) is 17.8. The van der Waals surface area contributed by atoms with E-state index in [1.807, 2.05) is 60.7 Å². The van der Waals surface area contributed by atoms with E-state index in [-0.39, 0.29) is 12.0 Å². The Morgan fingerprint density at radius 1 is 0.967 bits per heavy atom. The minimum atomic E-state index is -0.410. The van der Waals surface area contributed by atoms with Crippen LogP contribution in [-0.2, 0) is 9.53 Å². The molecule has 5 rings (SSSR count). The van der Waals surface area contributed by atoms with E-state index in [0.29, 0.717) is 0 Å². The van der Waals surface area contributed by atoms with Gasteiger partial charge in [-0.25, -0.2) is 0 Å². The number of fused-ring (bicyclic) bond motifs is 2. The molecule has 1 N–H and O–H groups in total. The molecular weight excluding hydrogens is 376 g/mol. The van der Waals surface area contributed by atoms with Gasteiger partial charge in [0, 0.05) is 42.7 Å². The van der Waals surface area contributed by atoms with Gasteiger partial charge < -0.3 is 19.7 Å². The maximum Gasteiger partial charge on any atom is 0.236 e. The molecule has 5 heteroatoms. The number of carbonyl (C=O) groups excluding carboxylic acids is 1. The van der Waals surface area contributed by atoms with Crippen LogP contribution in [0.1, 0.15) is 23.5 Å². The molecule has 1 saturated heterocycles. The monoisotopic (exact) mass is 400 g/mol. The molecule has 2 heterocycles. The summed E-state index contributed by atoms with van der Waals surface area (Å²) < 4.78 is 11.5. The van der Waals surface area contributed by atoms with Crippen molar-refractivity contribution < 1.29 is 14.3 Å². The van der Waals surface area contributed by atoms with Crippen LogP contribution in [0.3, 0.4) is 0 Å². The van der Waals surface area contributed by atoms with Crippen molar-refractivity contribution in [2.24, 2.45) is 0 Å². The Bertz CT molecular complexity index is 1020. The van der Waals surface area contributed by atoms with Crippen LogP contribution in [0.25, 0.3) is 0 Å². The molecule has 1 unspecified atom stereocenters. The molecule has 1 amide bonds. The molecule has 0 spiro atoms. The van der Waals surface area contributed by atoms with Crippen LogP contribution in [0.2, 0.25) is 0 Å². The Morgan fingerprint density at radius 2 is 1.60 bits per heavy atom. The molecule has 1 fully saturated rings. The molecule has 3 aromatic carbocycles. The lowest BCUT2D eigenvalue weighted by Gasteiger charge is -2.27. The van der Waals surface area contributed by atoms with E-state index in [1.165, 1.54) is 0 Å². The maximum atomic E-state index is 13.3. The van der Waals surface area contributed by atoms with Gasteiger partial charge in [-0.3, -0.25) is 4.79 Å². The summed E-state index contributed by atoms with van der Waals surface area (Å²) in [5.41, 5.74) is 3.70. The zero-order chi connectivity index (χ0) is 20.5. The number of rotatable bonds is 4. The zero-order valence-corrected chi connectivity index (χ0v) is 16.9. The minimum absolute atomic E-state index is 0.0634. The van der Waals surface area contributed by atoms with Gasteiger partial charge in [-0.2, -0.15) is 0 Å². The number of anilines is 2. The van der Waals surface area contributed by atoms with E-state index in [4.69, 9.17) is 9.47 Å². The van der Waals surface area contributed by atoms with Crippen LogP contribution in [0.4, 0.5) is 11.4 Å². The van der Waals surface area contributed by atoms with Crippen LogP contribution < -0.4 is 15.0 Å². The average Bonchev–Trinajstić information content (AvgIpc) is 3.27. The second-order valence-corrected chi connectivity index (χ2v) is 7.74. The van der Waals surface area contributed by atoms with Crippen molar-refractivity contribution in [1.29, 1.82) is 0 Å². The summed E-state index contributed by atoms with van der Waals surface area (Å²) in [6.45, 7) is 1.89. The third-order valence-electron chi connectivity index (χ3n) is 5.92. The molecule has 2 aliphatic heterocycles. The molecule has 1 atom stereocenters. The first-order chi connectivity index (χ1) is 14.7. The van der Waals surface area contributed by atoms with Crippen molar-refractivity contribution in [3.63, 3.8) is 0 Å². The number of hydrogen-bond donors (Lipinski definition) is 1. The molecule has 0 aromatic heterocycles. The van der Waals surface area contributed by atoms with Gasteiger partial charge >= 0.3 is 0 Å². The van der Waals surface area contributed by atoms with Crippen LogP contribution >= 0.6 is 0 Å². The summed E-state index contributed by atoms with van der Waals surface area (Å²) in [4.78, 5) is 15.6. The number of hydrogen-bond acceptors (Lipinski definition) is 4. The third-order valence-corrected chi connectivity index (χ3v) is 5.92. The average molecular weight is 400 g/mol. The molecule has 2 aliphatic rings. The Hall–Kier alpha value is -3.31. The number of nitrogens with zero attached hydrogens (tertiary/aromatic N) is 1. The van der Waals surface area contributed by atoms with Gasteiger partial charge in [-0.1, -0.05) is 36.4 Å². The second kappa shape index (κ2) is 7.84. The van der Waals surface area contributed by atoms with E-state index >= 15 is 0 Å².